The molecule has 2 aromatic rings. The Kier molecular flexibility index (Phi) is 4.43. The fraction of sp³-hybridized carbons (Fsp3) is 0.471. The SMILES string of the molecule is Cc1nc(-c2ccc(C(=O)N3CCCC(C(C)O)C3)cc2)n[nH]1. The first-order valence-corrected chi connectivity index (χ1v) is 8.01. The lowest BCUT2D eigenvalue weighted by atomic mass is 9.93. The van der Waals surface area contributed by atoms with Gasteiger partial charge >= 0.3 is 0 Å². The maximum Gasteiger partial charge on any atom is 0.253 e. The summed E-state index contributed by atoms with van der Waals surface area (Å²) in [5, 5.41) is 16.7. The molecular formula is C17H22N4O2. The zero-order valence-electron chi connectivity index (χ0n) is 13.5. The molecule has 0 radical (unpaired) electrons. The number of aliphatic hydroxyl groups is 1. The average Bonchev–Trinajstić information content (AvgIpc) is 3.01. The molecule has 0 aliphatic carbocycles. The number of hydrogen-bond acceptors (Lipinski definition) is 4. The van der Waals surface area contributed by atoms with Gasteiger partial charge in [0.05, 0.1) is 6.10 Å². The lowest BCUT2D eigenvalue weighted by molar-refractivity contribution is 0.0466. The van der Waals surface area contributed by atoms with Crippen LogP contribution in [0.3, 0.4) is 0 Å². The molecule has 23 heavy (non-hydrogen) atoms. The van der Waals surface area contributed by atoms with Crippen LogP contribution in [0.25, 0.3) is 11.4 Å². The van der Waals surface area contributed by atoms with Gasteiger partial charge in [0.2, 0.25) is 0 Å². The number of benzene rings is 1. The monoisotopic (exact) mass is 314 g/mol. The highest BCUT2D eigenvalue weighted by atomic mass is 16.3. The predicted octanol–water partition coefficient (Wildman–Crippen LogP) is 2.01. The van der Waals surface area contributed by atoms with Crippen LogP contribution in [-0.4, -0.2) is 50.3 Å². The average molecular weight is 314 g/mol. The molecule has 0 saturated carbocycles. The standard InChI is InChI=1S/C17H22N4O2/c1-11(22)15-4-3-9-21(10-15)17(23)14-7-5-13(6-8-14)16-18-12(2)19-20-16/h5-8,11,15,22H,3-4,9-10H2,1-2H3,(H,18,19,20). The summed E-state index contributed by atoms with van der Waals surface area (Å²) < 4.78 is 0. The van der Waals surface area contributed by atoms with Crippen molar-refractivity contribution in [3.63, 3.8) is 0 Å². The van der Waals surface area contributed by atoms with E-state index in [1.165, 1.54) is 0 Å². The molecule has 6 heteroatoms. The summed E-state index contributed by atoms with van der Waals surface area (Å²) in [7, 11) is 0. The van der Waals surface area contributed by atoms with Crippen LogP contribution in [0.1, 0.15) is 35.9 Å². The van der Waals surface area contributed by atoms with Crippen LogP contribution in [0.4, 0.5) is 0 Å². The fourth-order valence-corrected chi connectivity index (χ4v) is 3.00. The van der Waals surface area contributed by atoms with E-state index in [1.807, 2.05) is 36.1 Å². The van der Waals surface area contributed by atoms with E-state index in [1.54, 1.807) is 6.92 Å². The minimum atomic E-state index is -0.373. The number of nitrogens with zero attached hydrogens (tertiary/aromatic N) is 3. The van der Waals surface area contributed by atoms with E-state index in [-0.39, 0.29) is 17.9 Å². The quantitative estimate of drug-likeness (QED) is 0.908. The van der Waals surface area contributed by atoms with Gasteiger partial charge in [-0.05, 0) is 38.8 Å². The van der Waals surface area contributed by atoms with Gasteiger partial charge in [-0.1, -0.05) is 12.1 Å². The Hall–Kier alpha value is -2.21. The van der Waals surface area contributed by atoms with E-state index in [0.29, 0.717) is 17.9 Å². The number of carbonyl (C=O) groups is 1. The summed E-state index contributed by atoms with van der Waals surface area (Å²) in [6.07, 6.45) is 1.54. The van der Waals surface area contributed by atoms with E-state index in [0.717, 1.165) is 30.8 Å². The van der Waals surface area contributed by atoms with Gasteiger partial charge in [0.1, 0.15) is 5.82 Å². The first-order chi connectivity index (χ1) is 11.0. The maximum absolute atomic E-state index is 12.6. The third-order valence-electron chi connectivity index (χ3n) is 4.41. The van der Waals surface area contributed by atoms with Gasteiger partial charge in [0.15, 0.2) is 5.82 Å². The van der Waals surface area contributed by atoms with Gasteiger partial charge < -0.3 is 10.0 Å². The number of aromatic amines is 1. The zero-order chi connectivity index (χ0) is 16.4. The molecule has 6 nitrogen and oxygen atoms in total. The van der Waals surface area contributed by atoms with Crippen molar-refractivity contribution in [2.75, 3.05) is 13.1 Å². The summed E-state index contributed by atoms with van der Waals surface area (Å²) >= 11 is 0. The number of aryl methyl sites for hydroxylation is 1. The van der Waals surface area contributed by atoms with Crippen LogP contribution in [0.5, 0.6) is 0 Å². The Bertz CT molecular complexity index is 678. The molecule has 0 spiro atoms. The first kappa shape index (κ1) is 15.7. The van der Waals surface area contributed by atoms with Gasteiger partial charge in [-0.15, -0.1) is 0 Å². The molecule has 1 fully saturated rings. The van der Waals surface area contributed by atoms with Crippen LogP contribution in [0, 0.1) is 12.8 Å². The molecule has 1 aliphatic heterocycles. The highest BCUT2D eigenvalue weighted by molar-refractivity contribution is 5.94. The molecule has 3 rings (SSSR count). The molecule has 1 aromatic heterocycles. The van der Waals surface area contributed by atoms with Crippen molar-refractivity contribution >= 4 is 5.91 Å². The van der Waals surface area contributed by atoms with Crippen LogP contribution < -0.4 is 0 Å². The molecule has 2 N–H and O–H groups in total. The number of carbonyl (C=O) groups excluding carboxylic acids is 1. The number of aromatic nitrogens is 3. The van der Waals surface area contributed by atoms with Crippen molar-refractivity contribution in [2.45, 2.75) is 32.8 Å². The highest BCUT2D eigenvalue weighted by Gasteiger charge is 2.27. The molecule has 122 valence electrons. The molecule has 2 unspecified atom stereocenters. The Balaban J connectivity index is 1.72. The highest BCUT2D eigenvalue weighted by Crippen LogP contribution is 2.22. The molecule has 1 amide bonds. The minimum Gasteiger partial charge on any atom is -0.393 e. The van der Waals surface area contributed by atoms with E-state index in [2.05, 4.69) is 15.2 Å². The predicted molar refractivity (Wildman–Crippen MR) is 86.9 cm³/mol. The van der Waals surface area contributed by atoms with Crippen LogP contribution in [-0.2, 0) is 0 Å². The lowest BCUT2D eigenvalue weighted by Gasteiger charge is -2.34. The summed E-state index contributed by atoms with van der Waals surface area (Å²) in [6, 6.07) is 7.36. The topological polar surface area (TPSA) is 82.1 Å². The summed E-state index contributed by atoms with van der Waals surface area (Å²) in [4.78, 5) is 18.8. The number of likely N-dealkylation sites (tertiary alicyclic amines) is 1. The smallest absolute Gasteiger partial charge is 0.253 e. The number of rotatable bonds is 3. The first-order valence-electron chi connectivity index (χ1n) is 8.01. The molecule has 1 aromatic carbocycles. The third-order valence-corrected chi connectivity index (χ3v) is 4.41. The third kappa shape index (κ3) is 3.42. The van der Waals surface area contributed by atoms with Crippen LogP contribution >= 0.6 is 0 Å². The van der Waals surface area contributed by atoms with Gasteiger partial charge in [0.25, 0.3) is 5.91 Å². The molecule has 1 aliphatic rings. The number of amides is 1. The second kappa shape index (κ2) is 6.50. The number of aliphatic hydroxyl groups excluding tert-OH is 1. The van der Waals surface area contributed by atoms with Gasteiger partial charge in [-0.3, -0.25) is 9.89 Å². The van der Waals surface area contributed by atoms with E-state index >= 15 is 0 Å². The minimum absolute atomic E-state index is 0.0214. The Morgan fingerprint density at radius 1 is 1.39 bits per heavy atom. The lowest BCUT2D eigenvalue weighted by Crippen LogP contribution is -2.42. The van der Waals surface area contributed by atoms with E-state index in [9.17, 15) is 9.90 Å². The van der Waals surface area contributed by atoms with Crippen LogP contribution in [0.2, 0.25) is 0 Å². The van der Waals surface area contributed by atoms with Gasteiger partial charge in [0, 0.05) is 30.1 Å². The Labute approximate surface area is 135 Å². The van der Waals surface area contributed by atoms with E-state index in [4.69, 9.17) is 0 Å². The molecule has 0 bridgehead atoms. The number of H-pyrrole nitrogens is 1. The molecular weight excluding hydrogens is 292 g/mol. The van der Waals surface area contributed by atoms with Gasteiger partial charge in [-0.25, -0.2) is 4.98 Å². The second-order valence-electron chi connectivity index (χ2n) is 6.22. The Morgan fingerprint density at radius 3 is 2.74 bits per heavy atom. The molecule has 2 heterocycles. The van der Waals surface area contributed by atoms with Crippen LogP contribution in [0.15, 0.2) is 24.3 Å². The normalized spacial score (nSPS) is 19.6. The molecule has 1 saturated heterocycles. The number of piperidine rings is 1. The van der Waals surface area contributed by atoms with Crippen molar-refractivity contribution in [1.29, 1.82) is 0 Å². The largest absolute Gasteiger partial charge is 0.393 e. The zero-order valence-corrected chi connectivity index (χ0v) is 13.5. The number of hydrogen-bond donors (Lipinski definition) is 2. The summed E-state index contributed by atoms with van der Waals surface area (Å²) in [5.74, 6) is 1.59. The summed E-state index contributed by atoms with van der Waals surface area (Å²) in [5.41, 5.74) is 1.54. The van der Waals surface area contributed by atoms with Crippen molar-refractivity contribution in [1.82, 2.24) is 20.1 Å². The van der Waals surface area contributed by atoms with E-state index < -0.39 is 0 Å². The van der Waals surface area contributed by atoms with Gasteiger partial charge in [-0.2, -0.15) is 5.10 Å². The number of nitrogens with one attached hydrogen (secondary N) is 1. The summed E-state index contributed by atoms with van der Waals surface area (Å²) in [6.45, 7) is 5.03. The Morgan fingerprint density at radius 2 is 2.13 bits per heavy atom. The van der Waals surface area contributed by atoms with Crippen molar-refractivity contribution in [3.8, 4) is 11.4 Å². The maximum atomic E-state index is 12.6. The molecule has 2 atom stereocenters. The van der Waals surface area contributed by atoms with Crippen molar-refractivity contribution < 1.29 is 9.90 Å². The van der Waals surface area contributed by atoms with Crippen molar-refractivity contribution in [3.05, 3.63) is 35.7 Å². The second-order valence-corrected chi connectivity index (χ2v) is 6.22. The van der Waals surface area contributed by atoms with Crippen molar-refractivity contribution in [2.24, 2.45) is 5.92 Å². The fourth-order valence-electron chi connectivity index (χ4n) is 3.00.